The lowest BCUT2D eigenvalue weighted by Crippen LogP contribution is -2.15. The fourth-order valence-corrected chi connectivity index (χ4v) is 0.875. The van der Waals surface area contributed by atoms with Gasteiger partial charge in [-0.05, 0) is 12.1 Å². The maximum atomic E-state index is 11.2. The molecule has 0 aromatic carbocycles. The van der Waals surface area contributed by atoms with E-state index in [-0.39, 0.29) is 11.8 Å². The van der Waals surface area contributed by atoms with Crippen LogP contribution in [0.4, 0.5) is 4.79 Å². The van der Waals surface area contributed by atoms with Gasteiger partial charge in [0.15, 0.2) is 0 Å². The van der Waals surface area contributed by atoms with Crippen molar-refractivity contribution < 1.29 is 14.3 Å². The van der Waals surface area contributed by atoms with Crippen LogP contribution in [0, 0.1) is 0 Å². The van der Waals surface area contributed by atoms with E-state index in [1.54, 1.807) is 12.1 Å². The summed E-state index contributed by atoms with van der Waals surface area (Å²) in [4.78, 5) is 11.2. The second-order valence-electron chi connectivity index (χ2n) is 2.58. The molecule has 0 spiro atoms. The molecule has 7 heteroatoms. The minimum absolute atomic E-state index is 0.0522. The van der Waals surface area contributed by atoms with Crippen molar-refractivity contribution in [2.75, 3.05) is 0 Å². The first-order chi connectivity index (χ1) is 7.84. The molecule has 0 bridgehead atoms. The average molecular weight is 218 g/mol. The molecule has 0 N–H and O–H groups in total. The predicted octanol–water partition coefficient (Wildman–Crippen LogP) is 0.844. The van der Waals surface area contributed by atoms with Crippen LogP contribution in [0.1, 0.15) is 0 Å². The molecule has 2 aromatic heterocycles. The molecule has 0 aliphatic heterocycles. The number of carbonyl (C=O) groups excluding carboxylic acids is 1. The number of ether oxygens (including phenoxy) is 2. The van der Waals surface area contributed by atoms with Gasteiger partial charge in [0.05, 0.1) is 0 Å². The van der Waals surface area contributed by atoms with Crippen LogP contribution < -0.4 is 9.47 Å². The van der Waals surface area contributed by atoms with Crippen LogP contribution in [0.5, 0.6) is 11.8 Å². The fourth-order valence-electron chi connectivity index (χ4n) is 0.875. The molecule has 0 saturated heterocycles. The third-order valence-electron chi connectivity index (χ3n) is 1.47. The first-order valence-corrected chi connectivity index (χ1v) is 4.29. The van der Waals surface area contributed by atoms with Gasteiger partial charge >= 0.3 is 6.16 Å². The molecule has 0 aliphatic carbocycles. The van der Waals surface area contributed by atoms with E-state index < -0.39 is 6.16 Å². The molecule has 0 atom stereocenters. The largest absolute Gasteiger partial charge is 0.522 e. The molecular weight excluding hydrogens is 212 g/mol. The van der Waals surface area contributed by atoms with Gasteiger partial charge in [0.2, 0.25) is 11.8 Å². The molecule has 2 rings (SSSR count). The van der Waals surface area contributed by atoms with Crippen LogP contribution >= 0.6 is 0 Å². The van der Waals surface area contributed by atoms with Gasteiger partial charge in [-0.3, -0.25) is 0 Å². The Labute approximate surface area is 90.1 Å². The van der Waals surface area contributed by atoms with Gasteiger partial charge in [-0.2, -0.15) is 10.2 Å². The van der Waals surface area contributed by atoms with Crippen LogP contribution in [0.2, 0.25) is 0 Å². The van der Waals surface area contributed by atoms with Gasteiger partial charge in [0, 0.05) is 24.5 Å². The van der Waals surface area contributed by atoms with Gasteiger partial charge < -0.3 is 9.47 Å². The number of hydrogen-bond acceptors (Lipinski definition) is 7. The summed E-state index contributed by atoms with van der Waals surface area (Å²) in [6.07, 6.45) is 1.97. The van der Waals surface area contributed by atoms with Crippen LogP contribution in [0.15, 0.2) is 36.7 Å². The highest BCUT2D eigenvalue weighted by molar-refractivity contribution is 5.65. The lowest BCUT2D eigenvalue weighted by atomic mass is 10.6. The van der Waals surface area contributed by atoms with E-state index >= 15 is 0 Å². The Kier molecular flexibility index (Phi) is 2.98. The van der Waals surface area contributed by atoms with Gasteiger partial charge in [0.25, 0.3) is 0 Å². The Morgan fingerprint density at radius 1 is 0.938 bits per heavy atom. The third-order valence-corrected chi connectivity index (χ3v) is 1.47. The topological polar surface area (TPSA) is 87.1 Å². The summed E-state index contributed by atoms with van der Waals surface area (Å²) in [7, 11) is 0. The molecule has 80 valence electrons. The third kappa shape index (κ3) is 2.71. The zero-order chi connectivity index (χ0) is 11.2. The molecular formula is C9H6N4O3. The van der Waals surface area contributed by atoms with Crippen molar-refractivity contribution in [2.24, 2.45) is 0 Å². The Balaban J connectivity index is 1.95. The van der Waals surface area contributed by atoms with E-state index in [9.17, 15) is 4.79 Å². The Hall–Kier alpha value is -2.57. The summed E-state index contributed by atoms with van der Waals surface area (Å²) in [5.74, 6) is 0.104. The lowest BCUT2D eigenvalue weighted by molar-refractivity contribution is 0.147. The van der Waals surface area contributed by atoms with Crippen LogP contribution in [-0.2, 0) is 0 Å². The number of aromatic nitrogens is 4. The van der Waals surface area contributed by atoms with Crippen molar-refractivity contribution in [1.82, 2.24) is 20.4 Å². The van der Waals surface area contributed by atoms with Crippen molar-refractivity contribution in [3.05, 3.63) is 36.7 Å². The van der Waals surface area contributed by atoms with Crippen molar-refractivity contribution in [3.63, 3.8) is 0 Å². The molecule has 0 aliphatic rings. The number of hydrogen-bond donors (Lipinski definition) is 0. The Bertz CT molecular complexity index is 419. The minimum Gasteiger partial charge on any atom is -0.374 e. The molecule has 16 heavy (non-hydrogen) atoms. The average Bonchev–Trinajstić information content (AvgIpc) is 2.31. The smallest absolute Gasteiger partial charge is 0.374 e. The Morgan fingerprint density at radius 3 is 1.81 bits per heavy atom. The van der Waals surface area contributed by atoms with E-state index in [4.69, 9.17) is 9.47 Å². The summed E-state index contributed by atoms with van der Waals surface area (Å²) >= 11 is 0. The van der Waals surface area contributed by atoms with Crippen LogP contribution in [0.25, 0.3) is 0 Å². The van der Waals surface area contributed by atoms with Gasteiger partial charge in [0.1, 0.15) is 0 Å². The second kappa shape index (κ2) is 4.78. The molecule has 0 unspecified atom stereocenters. The first-order valence-electron chi connectivity index (χ1n) is 4.29. The number of nitrogens with zero attached hydrogens (tertiary/aromatic N) is 4. The van der Waals surface area contributed by atoms with Gasteiger partial charge in [-0.25, -0.2) is 4.79 Å². The molecule has 0 saturated carbocycles. The van der Waals surface area contributed by atoms with E-state index in [0.29, 0.717) is 0 Å². The van der Waals surface area contributed by atoms with Crippen molar-refractivity contribution in [1.29, 1.82) is 0 Å². The maximum absolute atomic E-state index is 11.2. The standard InChI is InChI=1S/C9H6N4O3/c14-9(15-7-3-1-5-10-12-7)16-8-4-2-6-11-13-8/h1-6H. The van der Waals surface area contributed by atoms with Crippen LogP contribution in [0.3, 0.4) is 0 Å². The highest BCUT2D eigenvalue weighted by Crippen LogP contribution is 2.06. The zero-order valence-corrected chi connectivity index (χ0v) is 7.98. The van der Waals surface area contributed by atoms with E-state index in [0.717, 1.165) is 0 Å². The quantitative estimate of drug-likeness (QED) is 0.690. The monoisotopic (exact) mass is 218 g/mol. The highest BCUT2D eigenvalue weighted by Gasteiger charge is 2.09. The molecule has 2 heterocycles. The molecule has 0 radical (unpaired) electrons. The summed E-state index contributed by atoms with van der Waals surface area (Å²) in [6.45, 7) is 0. The zero-order valence-electron chi connectivity index (χ0n) is 7.98. The van der Waals surface area contributed by atoms with E-state index in [1.807, 2.05) is 0 Å². The van der Waals surface area contributed by atoms with Crippen molar-refractivity contribution in [2.45, 2.75) is 0 Å². The van der Waals surface area contributed by atoms with E-state index in [1.165, 1.54) is 24.5 Å². The molecule has 2 aromatic rings. The summed E-state index contributed by atoms with van der Waals surface area (Å²) in [6, 6.07) is 6.12. The van der Waals surface area contributed by atoms with E-state index in [2.05, 4.69) is 20.4 Å². The van der Waals surface area contributed by atoms with Gasteiger partial charge in [-0.1, -0.05) is 0 Å². The van der Waals surface area contributed by atoms with Crippen molar-refractivity contribution >= 4 is 6.16 Å². The summed E-state index contributed by atoms with van der Waals surface area (Å²) in [5.41, 5.74) is 0. The lowest BCUT2D eigenvalue weighted by Gasteiger charge is -2.01. The van der Waals surface area contributed by atoms with Gasteiger partial charge in [-0.15, -0.1) is 10.2 Å². The fraction of sp³-hybridized carbons (Fsp3) is 0. The SMILES string of the molecule is O=C(Oc1cccnn1)Oc1cccnn1. The number of carbonyl (C=O) groups is 1. The number of rotatable bonds is 2. The highest BCUT2D eigenvalue weighted by atomic mass is 16.7. The molecule has 0 fully saturated rings. The summed E-state index contributed by atoms with van der Waals surface area (Å²) < 4.78 is 9.43. The Morgan fingerprint density at radius 2 is 1.44 bits per heavy atom. The normalized spacial score (nSPS) is 9.50. The van der Waals surface area contributed by atoms with Crippen molar-refractivity contribution in [3.8, 4) is 11.8 Å². The van der Waals surface area contributed by atoms with Crippen LogP contribution in [-0.4, -0.2) is 26.6 Å². The molecule has 0 amide bonds. The maximum Gasteiger partial charge on any atom is 0.522 e. The second-order valence-corrected chi connectivity index (χ2v) is 2.58. The molecule has 7 nitrogen and oxygen atoms in total. The first kappa shape index (κ1) is 9.97. The minimum atomic E-state index is -0.944. The summed E-state index contributed by atoms with van der Waals surface area (Å²) in [5, 5.41) is 14.2. The predicted molar refractivity (Wildman–Crippen MR) is 50.7 cm³/mol.